The van der Waals surface area contributed by atoms with E-state index < -0.39 is 0 Å². The summed E-state index contributed by atoms with van der Waals surface area (Å²) in [6.45, 7) is 0. The maximum absolute atomic E-state index is 5.89. The Morgan fingerprint density at radius 3 is 2.65 bits per heavy atom. The third kappa shape index (κ3) is 1.65. The lowest BCUT2D eigenvalue weighted by Crippen LogP contribution is -1.92. The number of nitrogens with zero attached hydrogens (tertiary/aromatic N) is 2. The van der Waals surface area contributed by atoms with Gasteiger partial charge in [0.15, 0.2) is 0 Å². The Hall–Kier alpha value is -2.00. The molecule has 0 amide bonds. The molecule has 0 aliphatic carbocycles. The molecule has 17 heavy (non-hydrogen) atoms. The van der Waals surface area contributed by atoms with Gasteiger partial charge in [0.05, 0.1) is 17.4 Å². The van der Waals surface area contributed by atoms with Crippen molar-refractivity contribution in [1.82, 2.24) is 9.38 Å². The van der Waals surface area contributed by atoms with Gasteiger partial charge in [-0.1, -0.05) is 11.6 Å². The summed E-state index contributed by atoms with van der Waals surface area (Å²) in [5.41, 5.74) is 8.54. The minimum atomic E-state index is 0.717. The monoisotopic (exact) mass is 243 g/mol. The van der Waals surface area contributed by atoms with Crippen LogP contribution in [0.25, 0.3) is 16.9 Å². The highest BCUT2D eigenvalue weighted by atomic mass is 35.5. The summed E-state index contributed by atoms with van der Waals surface area (Å²) < 4.78 is 1.97. The van der Waals surface area contributed by atoms with Crippen LogP contribution in [-0.4, -0.2) is 9.38 Å². The predicted octanol–water partition coefficient (Wildman–Crippen LogP) is 3.24. The van der Waals surface area contributed by atoms with Crippen LogP contribution in [-0.2, 0) is 0 Å². The number of imidazole rings is 1. The number of pyridine rings is 1. The van der Waals surface area contributed by atoms with E-state index in [2.05, 4.69) is 4.98 Å². The molecule has 3 aromatic rings. The highest BCUT2D eigenvalue weighted by molar-refractivity contribution is 6.30. The van der Waals surface area contributed by atoms with Crippen LogP contribution in [0.15, 0.2) is 48.8 Å². The summed E-state index contributed by atoms with van der Waals surface area (Å²) in [6.07, 6.45) is 3.72. The van der Waals surface area contributed by atoms with Crippen LogP contribution in [0.5, 0.6) is 0 Å². The number of hydrogen-bond acceptors (Lipinski definition) is 2. The summed E-state index contributed by atoms with van der Waals surface area (Å²) in [6, 6.07) is 11.4. The van der Waals surface area contributed by atoms with Gasteiger partial charge in [0.1, 0.15) is 5.82 Å². The Kier molecular flexibility index (Phi) is 2.27. The van der Waals surface area contributed by atoms with Crippen molar-refractivity contribution in [1.29, 1.82) is 0 Å². The van der Waals surface area contributed by atoms with Crippen molar-refractivity contribution in [3.8, 4) is 11.4 Å². The fourth-order valence-electron chi connectivity index (χ4n) is 1.86. The average molecular weight is 244 g/mol. The molecule has 0 unspecified atom stereocenters. The van der Waals surface area contributed by atoms with Crippen LogP contribution < -0.4 is 5.73 Å². The maximum atomic E-state index is 5.89. The quantitative estimate of drug-likeness (QED) is 0.713. The van der Waals surface area contributed by atoms with Crippen LogP contribution in [0.1, 0.15) is 0 Å². The molecule has 84 valence electrons. The molecule has 0 aliphatic heterocycles. The maximum Gasteiger partial charge on any atom is 0.144 e. The molecular formula is C13H10ClN3. The molecule has 0 atom stereocenters. The standard InChI is InChI=1S/C13H10ClN3/c14-10-5-3-9(4-6-10)13-16-8-12-11(15)2-1-7-17(12)13/h1-8H,15H2. The zero-order valence-electron chi connectivity index (χ0n) is 8.97. The number of benzene rings is 1. The zero-order chi connectivity index (χ0) is 11.8. The van der Waals surface area contributed by atoms with E-state index in [9.17, 15) is 0 Å². The second kappa shape index (κ2) is 3.79. The third-order valence-corrected chi connectivity index (χ3v) is 2.96. The molecule has 2 heterocycles. The van der Waals surface area contributed by atoms with E-state index in [0.29, 0.717) is 5.02 Å². The van der Waals surface area contributed by atoms with E-state index in [1.165, 1.54) is 0 Å². The summed E-state index contributed by atoms with van der Waals surface area (Å²) in [4.78, 5) is 4.40. The van der Waals surface area contributed by atoms with E-state index in [4.69, 9.17) is 17.3 Å². The fraction of sp³-hybridized carbons (Fsp3) is 0. The second-order valence-corrected chi connectivity index (χ2v) is 4.24. The number of fused-ring (bicyclic) bond motifs is 1. The van der Waals surface area contributed by atoms with Gasteiger partial charge in [-0.25, -0.2) is 4.98 Å². The van der Waals surface area contributed by atoms with Gasteiger partial charge in [-0.05, 0) is 36.4 Å². The Bertz CT molecular complexity index is 671. The molecule has 1 aromatic carbocycles. The zero-order valence-corrected chi connectivity index (χ0v) is 9.72. The van der Waals surface area contributed by atoms with Gasteiger partial charge in [-0.2, -0.15) is 0 Å². The summed E-state index contributed by atoms with van der Waals surface area (Å²) >= 11 is 5.87. The van der Waals surface area contributed by atoms with Crippen molar-refractivity contribution >= 4 is 22.8 Å². The Balaban J connectivity index is 2.24. The van der Waals surface area contributed by atoms with Crippen LogP contribution in [0.2, 0.25) is 5.02 Å². The van der Waals surface area contributed by atoms with Crippen LogP contribution in [0, 0.1) is 0 Å². The Morgan fingerprint density at radius 2 is 1.88 bits per heavy atom. The first-order valence-electron chi connectivity index (χ1n) is 5.23. The lowest BCUT2D eigenvalue weighted by atomic mass is 10.2. The number of halogens is 1. The van der Waals surface area contributed by atoms with Crippen molar-refractivity contribution in [2.75, 3.05) is 5.73 Å². The number of hydrogen-bond donors (Lipinski definition) is 1. The van der Waals surface area contributed by atoms with Crippen molar-refractivity contribution < 1.29 is 0 Å². The fourth-order valence-corrected chi connectivity index (χ4v) is 1.98. The van der Waals surface area contributed by atoms with Gasteiger partial charge in [0, 0.05) is 16.8 Å². The van der Waals surface area contributed by atoms with E-state index in [1.807, 2.05) is 47.0 Å². The molecular weight excluding hydrogens is 234 g/mol. The van der Waals surface area contributed by atoms with E-state index in [-0.39, 0.29) is 0 Å². The number of nitrogens with two attached hydrogens (primary N) is 1. The van der Waals surface area contributed by atoms with Gasteiger partial charge in [0.25, 0.3) is 0 Å². The molecule has 0 saturated carbocycles. The first-order chi connectivity index (χ1) is 8.25. The molecule has 2 N–H and O–H groups in total. The number of nitrogen functional groups attached to an aromatic ring is 1. The van der Waals surface area contributed by atoms with Gasteiger partial charge in [0.2, 0.25) is 0 Å². The lowest BCUT2D eigenvalue weighted by molar-refractivity contribution is 1.16. The summed E-state index contributed by atoms with van der Waals surface area (Å²) in [5, 5.41) is 0.717. The topological polar surface area (TPSA) is 43.3 Å². The highest BCUT2D eigenvalue weighted by Crippen LogP contribution is 2.23. The van der Waals surface area contributed by atoms with E-state index >= 15 is 0 Å². The van der Waals surface area contributed by atoms with Crippen LogP contribution in [0.3, 0.4) is 0 Å². The average Bonchev–Trinajstić information content (AvgIpc) is 2.75. The predicted molar refractivity (Wildman–Crippen MR) is 70.1 cm³/mol. The molecule has 3 rings (SSSR count). The van der Waals surface area contributed by atoms with Gasteiger partial charge in [-0.15, -0.1) is 0 Å². The highest BCUT2D eigenvalue weighted by Gasteiger charge is 2.07. The lowest BCUT2D eigenvalue weighted by Gasteiger charge is -2.02. The minimum Gasteiger partial charge on any atom is -0.397 e. The SMILES string of the molecule is Nc1cccn2c(-c3ccc(Cl)cc3)ncc12. The van der Waals surface area contributed by atoms with Crippen molar-refractivity contribution in [2.45, 2.75) is 0 Å². The number of aromatic nitrogens is 2. The minimum absolute atomic E-state index is 0.717. The molecule has 0 saturated heterocycles. The van der Waals surface area contributed by atoms with Crippen LogP contribution >= 0.6 is 11.6 Å². The largest absolute Gasteiger partial charge is 0.397 e. The molecule has 0 spiro atoms. The Morgan fingerprint density at radius 1 is 1.12 bits per heavy atom. The molecule has 0 fully saturated rings. The first kappa shape index (κ1) is 10.2. The second-order valence-electron chi connectivity index (χ2n) is 3.81. The summed E-state index contributed by atoms with van der Waals surface area (Å²) in [7, 11) is 0. The van der Waals surface area contributed by atoms with E-state index in [1.54, 1.807) is 6.20 Å². The van der Waals surface area contributed by atoms with Gasteiger partial charge >= 0.3 is 0 Å². The molecule has 2 aromatic heterocycles. The normalized spacial score (nSPS) is 10.9. The Labute approximate surface area is 103 Å². The van der Waals surface area contributed by atoms with Crippen molar-refractivity contribution in [3.05, 3.63) is 53.8 Å². The summed E-state index contributed by atoms with van der Waals surface area (Å²) in [5.74, 6) is 0.865. The molecule has 4 heteroatoms. The number of anilines is 1. The number of rotatable bonds is 1. The van der Waals surface area contributed by atoms with Crippen molar-refractivity contribution in [2.24, 2.45) is 0 Å². The molecule has 0 radical (unpaired) electrons. The smallest absolute Gasteiger partial charge is 0.144 e. The third-order valence-electron chi connectivity index (χ3n) is 2.71. The molecule has 3 nitrogen and oxygen atoms in total. The molecule has 0 aliphatic rings. The van der Waals surface area contributed by atoms with Crippen LogP contribution in [0.4, 0.5) is 5.69 Å². The molecule has 0 bridgehead atoms. The van der Waals surface area contributed by atoms with Gasteiger partial charge in [-0.3, -0.25) is 4.40 Å². The van der Waals surface area contributed by atoms with Crippen molar-refractivity contribution in [3.63, 3.8) is 0 Å². The van der Waals surface area contributed by atoms with E-state index in [0.717, 1.165) is 22.6 Å². The first-order valence-corrected chi connectivity index (χ1v) is 5.61. The van der Waals surface area contributed by atoms with Gasteiger partial charge < -0.3 is 5.73 Å².